The summed E-state index contributed by atoms with van der Waals surface area (Å²) in [6.07, 6.45) is 0. The van der Waals surface area contributed by atoms with E-state index in [2.05, 4.69) is 455 Å². The molecule has 2 aromatic heterocycles. The van der Waals surface area contributed by atoms with Gasteiger partial charge in [-0.3, -0.25) is 0 Å². The van der Waals surface area contributed by atoms with Gasteiger partial charge >= 0.3 is 0 Å². The number of hydrogen-bond donors (Lipinski definition) is 0. The fourth-order valence-electron chi connectivity index (χ4n) is 18.0. The van der Waals surface area contributed by atoms with Gasteiger partial charge in [0.05, 0.1) is 27.8 Å². The van der Waals surface area contributed by atoms with Crippen LogP contribution in [0.5, 0.6) is 0 Å². The van der Waals surface area contributed by atoms with Crippen LogP contribution in [0, 0.1) is 0 Å². The van der Waals surface area contributed by atoms with Gasteiger partial charge in [-0.25, -0.2) is 0 Å². The van der Waals surface area contributed by atoms with Crippen molar-refractivity contribution in [1.82, 2.24) is 9.13 Å². The summed E-state index contributed by atoms with van der Waals surface area (Å²) in [5.74, 6) is 0. The first-order valence-electron chi connectivity index (χ1n) is 38.7. The second kappa shape index (κ2) is 26.7. The Labute approximate surface area is 654 Å². The maximum Gasteiger partial charge on any atom is 0.252 e. The smallest absolute Gasteiger partial charge is 0.252 e. The minimum Gasteiger partial charge on any atom is -0.311 e. The van der Waals surface area contributed by atoms with Gasteiger partial charge in [0.2, 0.25) is 0 Å². The van der Waals surface area contributed by atoms with E-state index in [0.29, 0.717) is 0 Å². The van der Waals surface area contributed by atoms with Crippen LogP contribution < -0.4 is 26.2 Å². The molecule has 534 valence electrons. The number of hydrogen-bond acceptors (Lipinski definition) is 2. The van der Waals surface area contributed by atoms with E-state index >= 15 is 0 Å². The third-order valence-electron chi connectivity index (χ3n) is 23.2. The molecule has 2 aliphatic heterocycles. The SMILES string of the molecule is CC(C)(C)c1ccc2c(c1)c1cc(C(C)(C)C)ccc1n2-c1ccc2c(c1)N(c1ccc(-c3ccccc3)cc1)c1cc(-n3c4ccccc4c4ccccc43)cc3c1B2c1ccc(S(c2ccccc2)(c2ccccc2)c2ccccc2)cc1N3c1cccc(S(c2ccccc2)(c2ccccc2)c2ccccc2)c1. The maximum absolute atomic E-state index is 2.69. The fraction of sp³-hybridized carbons (Fsp3) is 0.0769. The average molecular weight is 1460 g/mol. The Kier molecular flexibility index (Phi) is 16.3. The molecule has 0 atom stereocenters. The quantitative estimate of drug-likeness (QED) is 0.107. The lowest BCUT2D eigenvalue weighted by Crippen LogP contribution is -2.61. The molecule has 0 amide bonds. The number of aromatic nitrogens is 2. The molecule has 0 bridgehead atoms. The highest BCUT2D eigenvalue weighted by molar-refractivity contribution is 8.34. The maximum atomic E-state index is 2.69. The van der Waals surface area contributed by atoms with Gasteiger partial charge in [-0.15, -0.1) is 20.1 Å². The summed E-state index contributed by atoms with van der Waals surface area (Å²) in [6, 6.07) is 151. The summed E-state index contributed by atoms with van der Waals surface area (Å²) in [4.78, 5) is 15.4. The van der Waals surface area contributed by atoms with E-state index in [1.54, 1.807) is 0 Å². The Morgan fingerprint density at radius 1 is 0.225 bits per heavy atom. The molecule has 0 saturated heterocycles. The number of nitrogens with zero attached hydrogens (tertiary/aromatic N) is 4. The number of fused-ring (bicyclic) bond motifs is 10. The second-order valence-corrected chi connectivity index (χ2v) is 37.9. The van der Waals surface area contributed by atoms with Gasteiger partial charge in [0.15, 0.2) is 0 Å². The lowest BCUT2D eigenvalue weighted by Gasteiger charge is -2.47. The number of para-hydroxylation sites is 2. The van der Waals surface area contributed by atoms with Gasteiger partial charge in [-0.05, 0) is 225 Å². The Morgan fingerprint density at radius 3 is 1.02 bits per heavy atom. The van der Waals surface area contributed by atoms with Crippen molar-refractivity contribution >= 4 is 121 Å². The molecule has 0 fully saturated rings. The summed E-state index contributed by atoms with van der Waals surface area (Å²) in [5.41, 5.74) is 22.0. The van der Waals surface area contributed by atoms with Crippen molar-refractivity contribution in [2.24, 2.45) is 0 Å². The van der Waals surface area contributed by atoms with E-state index in [4.69, 9.17) is 0 Å². The number of anilines is 6. The highest BCUT2D eigenvalue weighted by Crippen LogP contribution is 2.75. The number of rotatable bonds is 13. The summed E-state index contributed by atoms with van der Waals surface area (Å²) in [7, 11) is -4.42. The summed E-state index contributed by atoms with van der Waals surface area (Å²) >= 11 is 0. The summed E-state index contributed by atoms with van der Waals surface area (Å²) in [5, 5.41) is 4.94. The van der Waals surface area contributed by atoms with Crippen LogP contribution in [-0.4, -0.2) is 15.8 Å². The van der Waals surface area contributed by atoms with Gasteiger partial charge in [0.25, 0.3) is 6.71 Å². The lowest BCUT2D eigenvalue weighted by molar-refractivity contribution is 0.590. The van der Waals surface area contributed by atoms with Crippen LogP contribution in [0.4, 0.5) is 34.1 Å². The molecule has 111 heavy (non-hydrogen) atoms. The van der Waals surface area contributed by atoms with E-state index in [1.165, 1.54) is 105 Å². The van der Waals surface area contributed by atoms with Crippen LogP contribution >= 0.6 is 20.1 Å². The van der Waals surface area contributed by atoms with Gasteiger partial charge < -0.3 is 18.9 Å². The van der Waals surface area contributed by atoms with Crippen molar-refractivity contribution in [3.05, 3.63) is 405 Å². The molecule has 0 N–H and O–H groups in total. The largest absolute Gasteiger partial charge is 0.311 e. The zero-order valence-electron chi connectivity index (χ0n) is 63.2. The molecule has 0 aliphatic carbocycles. The standard InChI is InChI=1S/C104H83BN4S2/c1-103(2,3)74-55-63-96-90(65-74)91-66-75(104(4,5)6)56-64-97(91)107(96)78-59-61-92-98(68-78)106(76-57-53-73(54-58-76)72-33-14-7-15-34-72)100-69-79(109-94-51-30-28-49-88(94)89-50-29-31-52-95(89)109)70-101-102(100)105(92)93-62-60-87(111(83-42-22-11-23-43-83,84-44-24-12-25-45-84)85-46-26-13-27-47-85)71-99(93)108(101)77-35-32-48-86(67-77)110(80-36-16-8-17-37-80,81-38-18-9-19-39-81)82-40-20-10-21-41-82/h7-71H,1-6H3. The van der Waals surface area contributed by atoms with Crippen LogP contribution in [0.1, 0.15) is 52.7 Å². The minimum atomic E-state index is -2.23. The van der Waals surface area contributed by atoms with E-state index in [-0.39, 0.29) is 17.5 Å². The normalized spacial score (nSPS) is 13.2. The van der Waals surface area contributed by atoms with E-state index in [0.717, 1.165) is 62.1 Å². The summed E-state index contributed by atoms with van der Waals surface area (Å²) in [6.45, 7) is 13.7. The van der Waals surface area contributed by atoms with Crippen molar-refractivity contribution in [2.45, 2.75) is 91.5 Å². The molecule has 0 spiro atoms. The van der Waals surface area contributed by atoms with Crippen LogP contribution in [0.25, 0.3) is 66.1 Å². The monoisotopic (exact) mass is 1460 g/mol. The molecule has 18 aromatic rings. The van der Waals surface area contributed by atoms with Crippen LogP contribution in [0.2, 0.25) is 0 Å². The van der Waals surface area contributed by atoms with Gasteiger partial charge in [0.1, 0.15) is 0 Å². The molecule has 2 aliphatic rings. The Bertz CT molecular complexity index is 6270. The lowest BCUT2D eigenvalue weighted by atomic mass is 9.33. The molecule has 0 radical (unpaired) electrons. The molecule has 4 heterocycles. The third kappa shape index (κ3) is 10.9. The molecular weight excluding hydrogens is 1380 g/mol. The Hall–Kier alpha value is -12.5. The van der Waals surface area contributed by atoms with E-state index in [1.807, 2.05) is 0 Å². The first-order valence-corrected chi connectivity index (χ1v) is 42.0. The van der Waals surface area contributed by atoms with Crippen LogP contribution in [-0.2, 0) is 10.8 Å². The predicted molar refractivity (Wildman–Crippen MR) is 472 cm³/mol. The predicted octanol–water partition coefficient (Wildman–Crippen LogP) is 26.9. The highest BCUT2D eigenvalue weighted by atomic mass is 32.3. The van der Waals surface area contributed by atoms with Crippen molar-refractivity contribution < 1.29 is 0 Å². The Morgan fingerprint density at radius 2 is 0.568 bits per heavy atom. The van der Waals surface area contributed by atoms with Crippen molar-refractivity contribution in [2.75, 3.05) is 9.80 Å². The first kappa shape index (κ1) is 67.8. The van der Waals surface area contributed by atoms with Crippen molar-refractivity contribution in [1.29, 1.82) is 0 Å². The molecule has 7 heteroatoms. The average Bonchev–Trinajstić information content (AvgIpc) is 1.14. The second-order valence-electron chi connectivity index (χ2n) is 31.6. The van der Waals surface area contributed by atoms with Gasteiger partial charge in [-0.2, -0.15) is 0 Å². The van der Waals surface area contributed by atoms with Gasteiger partial charge in [0, 0.05) is 101 Å². The first-order chi connectivity index (χ1) is 54.3. The zero-order valence-corrected chi connectivity index (χ0v) is 64.8. The van der Waals surface area contributed by atoms with Crippen molar-refractivity contribution in [3.63, 3.8) is 0 Å². The molecule has 0 saturated carbocycles. The molecular formula is C104H83BN4S2. The summed E-state index contributed by atoms with van der Waals surface area (Å²) < 4.78 is 5.09. The third-order valence-corrected chi connectivity index (χ3v) is 31.0. The molecule has 4 nitrogen and oxygen atoms in total. The van der Waals surface area contributed by atoms with Crippen LogP contribution in [0.3, 0.4) is 0 Å². The van der Waals surface area contributed by atoms with E-state index in [9.17, 15) is 0 Å². The number of benzene rings is 16. The van der Waals surface area contributed by atoms with E-state index < -0.39 is 20.1 Å². The molecule has 20 rings (SSSR count). The van der Waals surface area contributed by atoms with Crippen LogP contribution in [0.15, 0.2) is 433 Å². The zero-order chi connectivity index (χ0) is 74.7. The topological polar surface area (TPSA) is 16.3 Å². The molecule has 16 aromatic carbocycles. The molecule has 0 unspecified atom stereocenters. The van der Waals surface area contributed by atoms with Crippen molar-refractivity contribution in [3.8, 4) is 22.5 Å². The highest BCUT2D eigenvalue weighted by Gasteiger charge is 2.46. The fourth-order valence-corrected chi connectivity index (χ4v) is 25.8. The minimum absolute atomic E-state index is 0.0576. The Balaban J connectivity index is 0.938. The van der Waals surface area contributed by atoms with Gasteiger partial charge in [-0.1, -0.05) is 260 Å².